The molecular weight excluding hydrogens is 546 g/mol. The number of carbonyl (C=O) groups is 4. The van der Waals surface area contributed by atoms with Crippen LogP contribution in [0.2, 0.25) is 0 Å². The number of aliphatic carboxylic acids is 4. The molecule has 0 bridgehead atoms. The Morgan fingerprint density at radius 2 is 1.43 bits per heavy atom. The molecule has 0 radical (unpaired) electrons. The SMILES string of the molecule is COc1cccc(N2CCN(Cc3csc(-c4ccccc4OC)n3)CC2)c1.O=C(O)C(=O)O.O=C(O)C(=O)O. The second kappa shape index (κ2) is 15.7. The van der Waals surface area contributed by atoms with Crippen molar-refractivity contribution in [2.45, 2.75) is 6.54 Å². The minimum Gasteiger partial charge on any atom is -0.497 e. The van der Waals surface area contributed by atoms with Crippen LogP contribution in [0.4, 0.5) is 5.69 Å². The van der Waals surface area contributed by atoms with E-state index in [9.17, 15) is 0 Å². The number of rotatable bonds is 6. The Morgan fingerprint density at radius 3 is 1.98 bits per heavy atom. The molecule has 1 aliphatic rings. The summed E-state index contributed by atoms with van der Waals surface area (Å²) in [5.41, 5.74) is 3.41. The molecule has 2 heterocycles. The summed E-state index contributed by atoms with van der Waals surface area (Å²) in [5, 5.41) is 32.7. The van der Waals surface area contributed by atoms with Gasteiger partial charge in [-0.25, -0.2) is 24.2 Å². The molecular formula is C26H29N3O10S. The Labute approximate surface area is 233 Å². The number of piperazine rings is 1. The molecule has 2 aromatic carbocycles. The molecule has 1 aromatic heterocycles. The van der Waals surface area contributed by atoms with Gasteiger partial charge in [-0.15, -0.1) is 11.3 Å². The average Bonchev–Trinajstić information content (AvgIpc) is 3.42. The minimum atomic E-state index is -1.82. The van der Waals surface area contributed by atoms with Crippen LogP contribution in [0, 0.1) is 0 Å². The summed E-state index contributed by atoms with van der Waals surface area (Å²) in [6, 6.07) is 16.3. The molecule has 3 aromatic rings. The fourth-order valence-corrected chi connectivity index (χ4v) is 4.37. The van der Waals surface area contributed by atoms with Crippen LogP contribution in [0.5, 0.6) is 11.5 Å². The van der Waals surface area contributed by atoms with Crippen molar-refractivity contribution in [3.63, 3.8) is 0 Å². The predicted octanol–water partition coefficient (Wildman–Crippen LogP) is 2.46. The number of thiazole rings is 1. The second-order valence-electron chi connectivity index (χ2n) is 8.03. The first-order valence-corrected chi connectivity index (χ1v) is 12.5. The normalized spacial score (nSPS) is 12.6. The second-order valence-corrected chi connectivity index (χ2v) is 8.89. The number of nitrogens with zero attached hydrogens (tertiary/aromatic N) is 3. The van der Waals surface area contributed by atoms with Gasteiger partial charge < -0.3 is 34.8 Å². The summed E-state index contributed by atoms with van der Waals surface area (Å²) in [5.74, 6) is -5.52. The Balaban J connectivity index is 0.000000393. The number of para-hydroxylation sites is 1. The van der Waals surface area contributed by atoms with Crippen molar-refractivity contribution in [3.05, 3.63) is 59.6 Å². The summed E-state index contributed by atoms with van der Waals surface area (Å²) < 4.78 is 10.8. The van der Waals surface area contributed by atoms with E-state index in [2.05, 4.69) is 39.4 Å². The van der Waals surface area contributed by atoms with Crippen LogP contribution in [0.25, 0.3) is 10.6 Å². The first-order valence-electron chi connectivity index (χ1n) is 11.7. The van der Waals surface area contributed by atoms with Crippen LogP contribution in [-0.2, 0) is 25.7 Å². The van der Waals surface area contributed by atoms with Gasteiger partial charge in [0.15, 0.2) is 0 Å². The lowest BCUT2D eigenvalue weighted by Crippen LogP contribution is -2.46. The lowest BCUT2D eigenvalue weighted by atomic mass is 10.2. The number of anilines is 1. The zero-order valence-electron chi connectivity index (χ0n) is 21.7. The van der Waals surface area contributed by atoms with Crippen LogP contribution in [0.1, 0.15) is 5.69 Å². The number of carboxylic acids is 4. The third-order valence-electron chi connectivity index (χ3n) is 5.43. The standard InChI is InChI=1S/C22H25N3O2S.2C2H2O4/c1-26-19-7-5-6-18(14-19)25-12-10-24(11-13-25)15-17-16-28-22(23-17)20-8-3-4-9-21(20)27-2;2*3-1(4)2(5)6/h3-9,14,16H,10-13,15H2,1-2H3;2*(H,3,4)(H,5,6). The van der Waals surface area contributed by atoms with Gasteiger partial charge in [-0.05, 0) is 24.3 Å². The van der Waals surface area contributed by atoms with Gasteiger partial charge in [-0.3, -0.25) is 4.90 Å². The Morgan fingerprint density at radius 1 is 0.825 bits per heavy atom. The first-order chi connectivity index (χ1) is 19.0. The van der Waals surface area contributed by atoms with E-state index < -0.39 is 23.9 Å². The van der Waals surface area contributed by atoms with Gasteiger partial charge in [0.05, 0.1) is 25.5 Å². The van der Waals surface area contributed by atoms with E-state index in [1.54, 1.807) is 25.6 Å². The molecule has 1 aliphatic heterocycles. The molecule has 0 amide bonds. The molecule has 214 valence electrons. The molecule has 40 heavy (non-hydrogen) atoms. The maximum atomic E-state index is 9.10. The molecule has 4 rings (SSSR count). The van der Waals surface area contributed by atoms with E-state index >= 15 is 0 Å². The highest BCUT2D eigenvalue weighted by molar-refractivity contribution is 7.13. The highest BCUT2D eigenvalue weighted by atomic mass is 32.1. The molecule has 1 saturated heterocycles. The summed E-state index contributed by atoms with van der Waals surface area (Å²) in [7, 11) is 3.42. The van der Waals surface area contributed by atoms with Gasteiger partial charge in [0.25, 0.3) is 0 Å². The van der Waals surface area contributed by atoms with E-state index in [4.69, 9.17) is 54.1 Å². The number of carboxylic acid groups (broad SMARTS) is 4. The van der Waals surface area contributed by atoms with Crippen LogP contribution in [-0.4, -0.2) is 94.6 Å². The molecule has 13 nitrogen and oxygen atoms in total. The zero-order valence-corrected chi connectivity index (χ0v) is 22.5. The number of methoxy groups -OCH3 is 2. The van der Waals surface area contributed by atoms with Gasteiger partial charge in [-0.2, -0.15) is 0 Å². The number of hydrogen-bond donors (Lipinski definition) is 4. The quantitative estimate of drug-likeness (QED) is 0.314. The van der Waals surface area contributed by atoms with E-state index in [0.717, 1.165) is 60.5 Å². The first kappa shape index (κ1) is 31.5. The molecule has 0 atom stereocenters. The fourth-order valence-electron chi connectivity index (χ4n) is 3.53. The van der Waals surface area contributed by atoms with Gasteiger partial charge in [0.1, 0.15) is 16.5 Å². The van der Waals surface area contributed by atoms with E-state index in [1.165, 1.54) is 5.69 Å². The molecule has 0 saturated carbocycles. The fraction of sp³-hybridized carbons (Fsp3) is 0.269. The van der Waals surface area contributed by atoms with Crippen molar-refractivity contribution in [1.29, 1.82) is 0 Å². The van der Waals surface area contributed by atoms with Crippen molar-refractivity contribution in [2.75, 3.05) is 45.3 Å². The molecule has 0 aliphatic carbocycles. The average molecular weight is 576 g/mol. The molecule has 0 spiro atoms. The lowest BCUT2D eigenvalue weighted by molar-refractivity contribution is -0.159. The minimum absolute atomic E-state index is 0.871. The molecule has 14 heteroatoms. The third-order valence-corrected chi connectivity index (χ3v) is 6.36. The summed E-state index contributed by atoms with van der Waals surface area (Å²) in [4.78, 5) is 46.1. The monoisotopic (exact) mass is 575 g/mol. The maximum absolute atomic E-state index is 9.10. The molecule has 4 N–H and O–H groups in total. The van der Waals surface area contributed by atoms with Crippen LogP contribution >= 0.6 is 11.3 Å². The summed E-state index contributed by atoms with van der Waals surface area (Å²) >= 11 is 1.68. The Hall–Kier alpha value is -4.69. The van der Waals surface area contributed by atoms with Crippen molar-refractivity contribution in [1.82, 2.24) is 9.88 Å². The maximum Gasteiger partial charge on any atom is 0.414 e. The summed E-state index contributed by atoms with van der Waals surface area (Å²) in [6.07, 6.45) is 0. The van der Waals surface area contributed by atoms with E-state index in [1.807, 2.05) is 24.3 Å². The highest BCUT2D eigenvalue weighted by Gasteiger charge is 2.19. The third kappa shape index (κ3) is 9.89. The van der Waals surface area contributed by atoms with Crippen molar-refractivity contribution in [2.24, 2.45) is 0 Å². The van der Waals surface area contributed by atoms with E-state index in [-0.39, 0.29) is 0 Å². The molecule has 1 fully saturated rings. The number of hydrogen-bond acceptors (Lipinski definition) is 10. The van der Waals surface area contributed by atoms with Crippen LogP contribution in [0.15, 0.2) is 53.9 Å². The topological polar surface area (TPSA) is 187 Å². The smallest absolute Gasteiger partial charge is 0.414 e. The van der Waals surface area contributed by atoms with Gasteiger partial charge in [-0.1, -0.05) is 18.2 Å². The Kier molecular flexibility index (Phi) is 12.3. The zero-order chi connectivity index (χ0) is 29.7. The number of aromatic nitrogens is 1. The highest BCUT2D eigenvalue weighted by Crippen LogP contribution is 2.32. The Bertz CT molecular complexity index is 1260. The van der Waals surface area contributed by atoms with Crippen LogP contribution < -0.4 is 14.4 Å². The lowest BCUT2D eigenvalue weighted by Gasteiger charge is -2.35. The van der Waals surface area contributed by atoms with Crippen molar-refractivity contribution >= 4 is 40.9 Å². The van der Waals surface area contributed by atoms with E-state index in [0.29, 0.717) is 0 Å². The van der Waals surface area contributed by atoms with Gasteiger partial charge in [0, 0.05) is 49.9 Å². The summed E-state index contributed by atoms with van der Waals surface area (Å²) in [6.45, 7) is 4.96. The van der Waals surface area contributed by atoms with Gasteiger partial charge in [0.2, 0.25) is 0 Å². The number of ether oxygens (including phenoxy) is 2. The van der Waals surface area contributed by atoms with Crippen LogP contribution in [0.3, 0.4) is 0 Å². The van der Waals surface area contributed by atoms with Crippen molar-refractivity contribution in [3.8, 4) is 22.1 Å². The largest absolute Gasteiger partial charge is 0.497 e. The van der Waals surface area contributed by atoms with Gasteiger partial charge >= 0.3 is 23.9 Å². The van der Waals surface area contributed by atoms with Crippen molar-refractivity contribution < 1.29 is 49.1 Å². The number of benzene rings is 2. The molecule has 0 unspecified atom stereocenters. The predicted molar refractivity (Wildman–Crippen MR) is 145 cm³/mol.